The molecular weight excluding hydrogens is 696 g/mol. The summed E-state index contributed by atoms with van der Waals surface area (Å²) in [5, 5.41) is 13.8. The van der Waals surface area contributed by atoms with Gasteiger partial charge in [0.2, 0.25) is 0 Å². The predicted octanol–water partition coefficient (Wildman–Crippen LogP) is 2.64. The van der Waals surface area contributed by atoms with E-state index in [-0.39, 0.29) is 35.6 Å². The van der Waals surface area contributed by atoms with Crippen molar-refractivity contribution in [2.75, 3.05) is 0 Å². The van der Waals surface area contributed by atoms with Gasteiger partial charge in [0.25, 0.3) is 0 Å². The predicted molar refractivity (Wildman–Crippen MR) is 196 cm³/mol. The fourth-order valence-electron chi connectivity index (χ4n) is 5.73. The fourth-order valence-corrected chi connectivity index (χ4v) is 10.5. The first-order valence-corrected chi connectivity index (χ1v) is 17.6. The quantitative estimate of drug-likeness (QED) is 0.183. The second kappa shape index (κ2) is 17.3. The van der Waals surface area contributed by atoms with Gasteiger partial charge in [-0.2, -0.15) is 12.1 Å². The molecule has 8 aromatic rings. The third-order valence-electron chi connectivity index (χ3n) is 7.78. The topological polar surface area (TPSA) is 0 Å². The van der Waals surface area contributed by atoms with Gasteiger partial charge in [-0.3, -0.25) is 0 Å². The van der Waals surface area contributed by atoms with Gasteiger partial charge in [0.1, 0.15) is 0 Å². The summed E-state index contributed by atoms with van der Waals surface area (Å²) in [6, 6.07) is 70.0. The van der Waals surface area contributed by atoms with Gasteiger partial charge in [0, 0.05) is 0 Å². The Hall–Kier alpha value is -3.86. The van der Waals surface area contributed by atoms with E-state index in [1.54, 1.807) is 0 Å². The summed E-state index contributed by atoms with van der Waals surface area (Å²) < 4.78 is 0. The third kappa shape index (κ3) is 8.36. The minimum Gasteiger partial charge on any atom is -1.00 e. The minimum atomic E-state index is -0.493. The molecule has 0 saturated heterocycles. The van der Waals surface area contributed by atoms with E-state index >= 15 is 0 Å². The van der Waals surface area contributed by atoms with Gasteiger partial charge in [-0.1, -0.05) is 133 Å². The van der Waals surface area contributed by atoms with Gasteiger partial charge >= 0.3 is 26.2 Å². The first-order valence-electron chi connectivity index (χ1n) is 14.9. The SMILES string of the molecule is [F-].[F-].[Zr+4].c1ccc(P(c2ccccc2)c2cc3ccccc3[cH-]2)cc1.c1ccc(P(c2ccccc2)c2cc3ccccc3[cH-]2)cc1. The standard InChI is InChI=1S/2C21H16P.2FH.Zr/c2*1-3-11-19(12-4-1)22(20-13-5-2-6-14-20)21-15-17-9-7-8-10-18(17)16-21;;;/h2*1-16H;2*1H;/q2*-1;;;+4/p-2. The van der Waals surface area contributed by atoms with Crippen molar-refractivity contribution in [3.05, 3.63) is 194 Å². The van der Waals surface area contributed by atoms with Crippen molar-refractivity contribution in [1.82, 2.24) is 0 Å². The van der Waals surface area contributed by atoms with E-state index in [0.717, 1.165) is 0 Å². The van der Waals surface area contributed by atoms with E-state index < -0.39 is 15.8 Å². The molecule has 0 bridgehead atoms. The van der Waals surface area contributed by atoms with Crippen LogP contribution in [0.5, 0.6) is 0 Å². The molecule has 0 aromatic heterocycles. The molecule has 5 heteroatoms. The molecule has 0 atom stereocenters. The van der Waals surface area contributed by atoms with Crippen molar-refractivity contribution >= 4 is 69.2 Å². The van der Waals surface area contributed by atoms with Crippen LogP contribution in [0.15, 0.2) is 194 Å². The van der Waals surface area contributed by atoms with Gasteiger partial charge in [-0.25, -0.2) is 0 Å². The van der Waals surface area contributed by atoms with Crippen LogP contribution in [0.2, 0.25) is 0 Å². The average Bonchev–Trinajstić information content (AvgIpc) is 3.72. The molecule has 0 N–H and O–H groups in total. The molecule has 8 aromatic carbocycles. The van der Waals surface area contributed by atoms with Crippen LogP contribution in [-0.2, 0) is 26.2 Å². The smallest absolute Gasteiger partial charge is 1.00 e. The summed E-state index contributed by atoms with van der Waals surface area (Å²) in [6.07, 6.45) is 0. The van der Waals surface area contributed by atoms with Crippen molar-refractivity contribution < 1.29 is 35.6 Å². The normalized spacial score (nSPS) is 10.4. The van der Waals surface area contributed by atoms with E-state index in [1.807, 2.05) is 0 Å². The monoisotopic (exact) mass is 726 g/mol. The summed E-state index contributed by atoms with van der Waals surface area (Å²) in [4.78, 5) is 0. The number of hydrogen-bond acceptors (Lipinski definition) is 0. The average molecular weight is 728 g/mol. The first-order chi connectivity index (χ1) is 21.8. The maximum Gasteiger partial charge on any atom is 4.00 e. The molecule has 0 aliphatic heterocycles. The maximum atomic E-state index is 2.35. The van der Waals surface area contributed by atoms with Crippen LogP contribution in [0.4, 0.5) is 0 Å². The third-order valence-corrected chi connectivity index (χ3v) is 12.6. The summed E-state index contributed by atoms with van der Waals surface area (Å²) in [6.45, 7) is 0. The molecular formula is C42H32F2P2Zr. The van der Waals surface area contributed by atoms with E-state index in [2.05, 4.69) is 194 Å². The molecule has 0 unspecified atom stereocenters. The number of rotatable bonds is 6. The van der Waals surface area contributed by atoms with Crippen LogP contribution in [-0.4, -0.2) is 0 Å². The zero-order valence-corrected chi connectivity index (χ0v) is 29.9. The summed E-state index contributed by atoms with van der Waals surface area (Å²) in [7, 11) is -0.986. The Morgan fingerprint density at radius 3 is 0.851 bits per heavy atom. The van der Waals surface area contributed by atoms with Gasteiger partial charge in [-0.15, -0.1) is 80.7 Å². The molecule has 47 heavy (non-hydrogen) atoms. The summed E-state index contributed by atoms with van der Waals surface area (Å²) in [5.41, 5.74) is 0. The Bertz CT molecular complexity index is 1780. The number of halogens is 2. The van der Waals surface area contributed by atoms with Crippen molar-refractivity contribution in [2.24, 2.45) is 0 Å². The first kappa shape index (κ1) is 36.0. The van der Waals surface area contributed by atoms with Gasteiger partial charge in [-0.05, 0) is 37.1 Å². The van der Waals surface area contributed by atoms with Crippen LogP contribution >= 0.6 is 15.8 Å². The minimum absolute atomic E-state index is 0. The van der Waals surface area contributed by atoms with Crippen molar-refractivity contribution in [3.8, 4) is 0 Å². The molecule has 0 aliphatic carbocycles. The molecule has 8 rings (SSSR count). The molecule has 0 heterocycles. The van der Waals surface area contributed by atoms with Gasteiger partial charge in [0.05, 0.1) is 0 Å². The van der Waals surface area contributed by atoms with E-state index in [4.69, 9.17) is 0 Å². The van der Waals surface area contributed by atoms with Crippen molar-refractivity contribution in [3.63, 3.8) is 0 Å². The van der Waals surface area contributed by atoms with Crippen LogP contribution in [0, 0.1) is 0 Å². The molecule has 0 aliphatic rings. The number of hydrogen-bond donors (Lipinski definition) is 0. The van der Waals surface area contributed by atoms with Gasteiger partial charge < -0.3 is 9.41 Å². The summed E-state index contributed by atoms with van der Waals surface area (Å²) in [5.74, 6) is 0. The van der Waals surface area contributed by atoms with Crippen molar-refractivity contribution in [1.29, 1.82) is 0 Å². The van der Waals surface area contributed by atoms with Gasteiger partial charge in [0.15, 0.2) is 0 Å². The molecule has 0 fully saturated rings. The van der Waals surface area contributed by atoms with Crippen LogP contribution in [0.1, 0.15) is 0 Å². The molecule has 0 nitrogen and oxygen atoms in total. The Labute approximate surface area is 297 Å². The fraction of sp³-hybridized carbons (Fsp3) is 0. The van der Waals surface area contributed by atoms with E-state index in [1.165, 1.54) is 53.4 Å². The van der Waals surface area contributed by atoms with Crippen LogP contribution in [0.25, 0.3) is 21.5 Å². The Kier molecular flexibility index (Phi) is 13.3. The molecule has 0 amide bonds. The zero-order valence-electron chi connectivity index (χ0n) is 25.6. The maximum absolute atomic E-state index is 2.35. The summed E-state index contributed by atoms with van der Waals surface area (Å²) >= 11 is 0. The second-order valence-electron chi connectivity index (χ2n) is 10.7. The number of benzene rings is 6. The second-order valence-corrected chi connectivity index (χ2v) is 15.1. The Morgan fingerprint density at radius 2 is 0.574 bits per heavy atom. The molecule has 0 spiro atoms. The van der Waals surface area contributed by atoms with Crippen LogP contribution in [0.3, 0.4) is 0 Å². The molecule has 0 radical (unpaired) electrons. The largest absolute Gasteiger partial charge is 4.00 e. The van der Waals surface area contributed by atoms with Crippen LogP contribution < -0.4 is 41.2 Å². The van der Waals surface area contributed by atoms with E-state index in [9.17, 15) is 0 Å². The molecule has 228 valence electrons. The van der Waals surface area contributed by atoms with Crippen molar-refractivity contribution in [2.45, 2.75) is 0 Å². The Morgan fingerprint density at radius 1 is 0.319 bits per heavy atom. The number of fused-ring (bicyclic) bond motifs is 2. The zero-order chi connectivity index (χ0) is 29.6. The Balaban J connectivity index is 0.000000200. The van der Waals surface area contributed by atoms with E-state index in [0.29, 0.717) is 0 Å². The molecule has 0 saturated carbocycles.